The topological polar surface area (TPSA) is 41.5 Å². The Morgan fingerprint density at radius 3 is 2.50 bits per heavy atom. The van der Waals surface area contributed by atoms with E-state index < -0.39 is 5.79 Å². The zero-order chi connectivity index (χ0) is 12.6. The van der Waals surface area contributed by atoms with Crippen molar-refractivity contribution in [3.63, 3.8) is 0 Å². The highest BCUT2D eigenvalue weighted by molar-refractivity contribution is 5.59. The summed E-state index contributed by atoms with van der Waals surface area (Å²) in [5, 5.41) is 13.8. The molecule has 2 aromatic carbocycles. The summed E-state index contributed by atoms with van der Waals surface area (Å²) in [4.78, 5) is 0. The molecule has 0 saturated heterocycles. The molecule has 0 saturated carbocycles. The van der Waals surface area contributed by atoms with Gasteiger partial charge in [0.1, 0.15) is 11.8 Å². The fourth-order valence-corrected chi connectivity index (χ4v) is 2.28. The molecule has 1 aliphatic rings. The van der Waals surface area contributed by atoms with Gasteiger partial charge in [-0.2, -0.15) is 0 Å². The van der Waals surface area contributed by atoms with Gasteiger partial charge in [0.15, 0.2) is 0 Å². The maximum Gasteiger partial charge on any atom is 0.229 e. The van der Waals surface area contributed by atoms with Crippen molar-refractivity contribution in [1.82, 2.24) is 0 Å². The smallest absolute Gasteiger partial charge is 0.229 e. The molecule has 0 radical (unpaired) electrons. The van der Waals surface area contributed by atoms with Gasteiger partial charge in [-0.1, -0.05) is 42.5 Å². The van der Waals surface area contributed by atoms with Gasteiger partial charge in [0.2, 0.25) is 5.79 Å². The third-order valence-electron chi connectivity index (χ3n) is 3.17. The third kappa shape index (κ3) is 1.83. The lowest BCUT2D eigenvalue weighted by Crippen LogP contribution is -2.45. The van der Waals surface area contributed by atoms with E-state index in [2.05, 4.69) is 5.32 Å². The number of hydrogen-bond acceptors (Lipinski definition) is 3. The summed E-state index contributed by atoms with van der Waals surface area (Å²) in [6.07, 6.45) is 0. The standard InChI is InChI=1S/C15H15NO2/c1-15(17)14(11-7-3-2-4-8-11)16-12-9-5-6-10-13(12)18-15/h2-10,14,16-17H,1H3/t14-,15-/m0/s1. The average Bonchev–Trinajstić information content (AvgIpc) is 2.38. The molecule has 3 nitrogen and oxygen atoms in total. The first-order chi connectivity index (χ1) is 8.67. The highest BCUT2D eigenvalue weighted by Crippen LogP contribution is 2.40. The molecular weight excluding hydrogens is 226 g/mol. The van der Waals surface area contributed by atoms with Crippen molar-refractivity contribution in [2.75, 3.05) is 5.32 Å². The molecule has 0 aromatic heterocycles. The van der Waals surface area contributed by atoms with Crippen LogP contribution in [0.3, 0.4) is 0 Å². The Bertz CT molecular complexity index is 551. The molecule has 1 aliphatic heterocycles. The van der Waals surface area contributed by atoms with E-state index in [1.54, 1.807) is 6.92 Å². The zero-order valence-electron chi connectivity index (χ0n) is 10.1. The Balaban J connectivity index is 2.02. The van der Waals surface area contributed by atoms with E-state index in [0.29, 0.717) is 5.75 Å². The number of ether oxygens (including phenoxy) is 1. The van der Waals surface area contributed by atoms with Crippen LogP contribution in [0.5, 0.6) is 5.75 Å². The second-order valence-electron chi connectivity index (χ2n) is 4.64. The monoisotopic (exact) mass is 241 g/mol. The number of aliphatic hydroxyl groups is 1. The number of hydrogen-bond donors (Lipinski definition) is 2. The molecule has 2 N–H and O–H groups in total. The van der Waals surface area contributed by atoms with E-state index in [9.17, 15) is 5.11 Å². The molecule has 3 rings (SSSR count). The highest BCUT2D eigenvalue weighted by atomic mass is 16.6. The van der Waals surface area contributed by atoms with E-state index >= 15 is 0 Å². The minimum absolute atomic E-state index is 0.284. The summed E-state index contributed by atoms with van der Waals surface area (Å²) < 4.78 is 5.68. The Kier molecular flexibility index (Phi) is 2.49. The van der Waals surface area contributed by atoms with Crippen LogP contribution in [0.15, 0.2) is 54.6 Å². The lowest BCUT2D eigenvalue weighted by atomic mass is 9.97. The number of benzene rings is 2. The Labute approximate surface area is 106 Å². The fourth-order valence-electron chi connectivity index (χ4n) is 2.28. The van der Waals surface area contributed by atoms with E-state index in [1.165, 1.54) is 0 Å². The molecule has 2 aromatic rings. The van der Waals surface area contributed by atoms with Gasteiger partial charge >= 0.3 is 0 Å². The van der Waals surface area contributed by atoms with Crippen LogP contribution in [0, 0.1) is 0 Å². The summed E-state index contributed by atoms with van der Waals surface area (Å²) in [5.74, 6) is -0.593. The fraction of sp³-hybridized carbons (Fsp3) is 0.200. The van der Waals surface area contributed by atoms with Gasteiger partial charge < -0.3 is 15.2 Å². The number of rotatable bonds is 1. The van der Waals surface area contributed by atoms with Crippen molar-refractivity contribution in [3.05, 3.63) is 60.2 Å². The van der Waals surface area contributed by atoms with E-state index in [0.717, 1.165) is 11.3 Å². The molecule has 92 valence electrons. The normalized spacial score (nSPS) is 25.8. The highest BCUT2D eigenvalue weighted by Gasteiger charge is 2.39. The van der Waals surface area contributed by atoms with Gasteiger partial charge in [0.25, 0.3) is 0 Å². The maximum atomic E-state index is 10.4. The zero-order valence-corrected chi connectivity index (χ0v) is 10.1. The first kappa shape index (κ1) is 11.1. The van der Waals surface area contributed by atoms with Crippen LogP contribution in [0.2, 0.25) is 0 Å². The predicted octanol–water partition coefficient (Wildman–Crippen LogP) is 2.94. The van der Waals surface area contributed by atoms with Crippen molar-refractivity contribution in [2.45, 2.75) is 18.8 Å². The molecule has 0 aliphatic carbocycles. The Morgan fingerprint density at radius 1 is 1.06 bits per heavy atom. The minimum Gasteiger partial charge on any atom is -0.458 e. The summed E-state index contributed by atoms with van der Waals surface area (Å²) in [6.45, 7) is 1.67. The van der Waals surface area contributed by atoms with Crippen LogP contribution >= 0.6 is 0 Å². The van der Waals surface area contributed by atoms with E-state index in [-0.39, 0.29) is 6.04 Å². The van der Waals surface area contributed by atoms with Crippen molar-refractivity contribution < 1.29 is 9.84 Å². The maximum absolute atomic E-state index is 10.4. The second-order valence-corrected chi connectivity index (χ2v) is 4.64. The average molecular weight is 241 g/mol. The molecule has 0 unspecified atom stereocenters. The Morgan fingerprint density at radius 2 is 1.72 bits per heavy atom. The molecule has 0 amide bonds. The van der Waals surface area contributed by atoms with Gasteiger partial charge in [-0.05, 0) is 17.7 Å². The van der Waals surface area contributed by atoms with Gasteiger partial charge in [-0.3, -0.25) is 0 Å². The van der Waals surface area contributed by atoms with Crippen molar-refractivity contribution in [2.24, 2.45) is 0 Å². The molecule has 0 bridgehead atoms. The van der Waals surface area contributed by atoms with Crippen molar-refractivity contribution >= 4 is 5.69 Å². The Hall–Kier alpha value is -2.00. The van der Waals surface area contributed by atoms with Crippen molar-refractivity contribution in [3.8, 4) is 5.75 Å². The molecule has 1 heterocycles. The number of fused-ring (bicyclic) bond motifs is 1. The van der Waals surface area contributed by atoms with Crippen LogP contribution in [0.1, 0.15) is 18.5 Å². The minimum atomic E-state index is -1.27. The summed E-state index contributed by atoms with van der Waals surface area (Å²) in [6, 6.07) is 17.1. The molecule has 0 fully saturated rings. The molecule has 18 heavy (non-hydrogen) atoms. The largest absolute Gasteiger partial charge is 0.458 e. The summed E-state index contributed by atoms with van der Waals surface area (Å²) in [7, 11) is 0. The molecule has 3 heteroatoms. The van der Waals surface area contributed by atoms with E-state index in [4.69, 9.17) is 4.74 Å². The van der Waals surface area contributed by atoms with Gasteiger partial charge in [0, 0.05) is 6.92 Å². The van der Waals surface area contributed by atoms with Gasteiger partial charge in [-0.25, -0.2) is 0 Å². The first-order valence-corrected chi connectivity index (χ1v) is 5.99. The van der Waals surface area contributed by atoms with Crippen LogP contribution in [-0.4, -0.2) is 10.9 Å². The van der Waals surface area contributed by atoms with E-state index in [1.807, 2.05) is 54.6 Å². The third-order valence-corrected chi connectivity index (χ3v) is 3.17. The lowest BCUT2D eigenvalue weighted by molar-refractivity contribution is -0.140. The lowest BCUT2D eigenvalue weighted by Gasteiger charge is -2.39. The molecular formula is C15H15NO2. The van der Waals surface area contributed by atoms with Crippen molar-refractivity contribution in [1.29, 1.82) is 0 Å². The number of anilines is 1. The molecule has 0 spiro atoms. The first-order valence-electron chi connectivity index (χ1n) is 5.99. The second kappa shape index (κ2) is 4.03. The summed E-state index contributed by atoms with van der Waals surface area (Å²) >= 11 is 0. The van der Waals surface area contributed by atoms with Crippen LogP contribution in [0.25, 0.3) is 0 Å². The number of para-hydroxylation sites is 2. The number of nitrogens with one attached hydrogen (secondary N) is 1. The van der Waals surface area contributed by atoms with Crippen LogP contribution in [0.4, 0.5) is 5.69 Å². The summed E-state index contributed by atoms with van der Waals surface area (Å²) in [5.41, 5.74) is 1.90. The SMILES string of the molecule is C[C@]1(O)Oc2ccccc2N[C@H]1c1ccccc1. The van der Waals surface area contributed by atoms with Gasteiger partial charge in [-0.15, -0.1) is 0 Å². The predicted molar refractivity (Wildman–Crippen MR) is 70.5 cm³/mol. The van der Waals surface area contributed by atoms with Crippen LogP contribution < -0.4 is 10.1 Å². The van der Waals surface area contributed by atoms with Gasteiger partial charge in [0.05, 0.1) is 5.69 Å². The quantitative estimate of drug-likeness (QED) is 0.806. The van der Waals surface area contributed by atoms with Crippen LogP contribution in [-0.2, 0) is 0 Å². The molecule has 2 atom stereocenters.